The van der Waals surface area contributed by atoms with Gasteiger partial charge in [-0.1, -0.05) is 0 Å². The van der Waals surface area contributed by atoms with Gasteiger partial charge in [-0.05, 0) is 24.7 Å². The zero-order valence-electron chi connectivity index (χ0n) is 4.68. The molecule has 0 saturated heterocycles. The van der Waals surface area contributed by atoms with Crippen molar-refractivity contribution in [1.29, 1.82) is 0 Å². The van der Waals surface area contributed by atoms with Crippen LogP contribution in [0.1, 0.15) is 19.3 Å². The molecule has 0 aromatic heterocycles. The molecule has 1 amide bonds. The lowest BCUT2D eigenvalue weighted by atomic mass is 10.3. The third kappa shape index (κ3) is 0.358. The zero-order chi connectivity index (χ0) is 5.78. The summed E-state index contributed by atoms with van der Waals surface area (Å²) in [4.78, 5) is 10.4. The monoisotopic (exact) mass is 111 g/mol. The maximum atomic E-state index is 10.4. The van der Waals surface area contributed by atoms with Crippen LogP contribution in [0.2, 0.25) is 0 Å². The van der Waals surface area contributed by atoms with E-state index in [1.54, 1.807) is 0 Å². The van der Waals surface area contributed by atoms with Crippen LogP contribution in [0.5, 0.6) is 0 Å². The summed E-state index contributed by atoms with van der Waals surface area (Å²) < 4.78 is 0. The van der Waals surface area contributed by atoms with Crippen molar-refractivity contribution < 1.29 is 4.79 Å². The van der Waals surface area contributed by atoms with Crippen LogP contribution in [0.15, 0.2) is 0 Å². The molecule has 0 aromatic rings. The Morgan fingerprint density at radius 3 is 2.38 bits per heavy atom. The highest BCUT2D eigenvalue weighted by Gasteiger charge is 2.65. The smallest absolute Gasteiger partial charge is 0.221 e. The molecule has 2 fully saturated rings. The normalized spacial score (nSPS) is 37.2. The van der Waals surface area contributed by atoms with Gasteiger partial charge in [0.2, 0.25) is 5.91 Å². The fourth-order valence-corrected chi connectivity index (χ4v) is 1.46. The van der Waals surface area contributed by atoms with Gasteiger partial charge in [-0.25, -0.2) is 0 Å². The molecular formula is C6H9NO. The lowest BCUT2D eigenvalue weighted by molar-refractivity contribution is -0.119. The molecule has 2 nitrogen and oxygen atoms in total. The number of carbonyl (C=O) groups excluding carboxylic acids is 1. The minimum Gasteiger partial charge on any atom is -0.369 e. The van der Waals surface area contributed by atoms with Crippen LogP contribution in [0.25, 0.3) is 0 Å². The van der Waals surface area contributed by atoms with Gasteiger partial charge in [-0.15, -0.1) is 0 Å². The van der Waals surface area contributed by atoms with Crippen LogP contribution in [0.3, 0.4) is 0 Å². The summed E-state index contributed by atoms with van der Waals surface area (Å²) in [6, 6.07) is 0. The van der Waals surface area contributed by atoms with Crippen LogP contribution in [0.4, 0.5) is 0 Å². The van der Waals surface area contributed by atoms with E-state index in [1.807, 2.05) is 0 Å². The molecule has 2 heteroatoms. The molecule has 2 aliphatic rings. The Kier molecular flexibility index (Phi) is 0.504. The standard InChI is InChI=1S/C6H9NO/c7-5(8)4-3-6(4)1-2-6/h4H,1-3H2,(H2,7,8)/t4-/m1/s1. The summed E-state index contributed by atoms with van der Waals surface area (Å²) in [6.07, 6.45) is 3.59. The first-order chi connectivity index (χ1) is 3.75. The summed E-state index contributed by atoms with van der Waals surface area (Å²) in [5.41, 5.74) is 5.54. The Labute approximate surface area is 48.1 Å². The van der Waals surface area contributed by atoms with Crippen LogP contribution in [0, 0.1) is 11.3 Å². The Morgan fingerprint density at radius 1 is 1.62 bits per heavy atom. The van der Waals surface area contributed by atoms with Crippen molar-refractivity contribution in [1.82, 2.24) is 0 Å². The molecule has 0 heterocycles. The SMILES string of the molecule is NC(=O)[C@H]1CC12CC2. The number of nitrogens with two attached hydrogens (primary N) is 1. The molecule has 44 valence electrons. The predicted molar refractivity (Wildman–Crippen MR) is 29.0 cm³/mol. The van der Waals surface area contributed by atoms with Gasteiger partial charge in [0.1, 0.15) is 0 Å². The largest absolute Gasteiger partial charge is 0.369 e. The van der Waals surface area contributed by atoms with Crippen molar-refractivity contribution in [3.63, 3.8) is 0 Å². The number of rotatable bonds is 1. The molecule has 2 N–H and O–H groups in total. The second-order valence-corrected chi connectivity index (χ2v) is 3.02. The Hall–Kier alpha value is -0.530. The topological polar surface area (TPSA) is 43.1 Å². The second-order valence-electron chi connectivity index (χ2n) is 3.02. The molecule has 0 bridgehead atoms. The van der Waals surface area contributed by atoms with E-state index in [0.29, 0.717) is 5.41 Å². The number of carbonyl (C=O) groups is 1. The van der Waals surface area contributed by atoms with E-state index in [2.05, 4.69) is 0 Å². The molecular weight excluding hydrogens is 102 g/mol. The average Bonchev–Trinajstić information content (AvgIpc) is 2.50. The maximum absolute atomic E-state index is 10.4. The van der Waals surface area contributed by atoms with E-state index < -0.39 is 0 Å². The van der Waals surface area contributed by atoms with E-state index in [-0.39, 0.29) is 11.8 Å². The van der Waals surface area contributed by atoms with Crippen LogP contribution >= 0.6 is 0 Å². The fraction of sp³-hybridized carbons (Fsp3) is 0.833. The highest BCUT2D eigenvalue weighted by atomic mass is 16.1. The van der Waals surface area contributed by atoms with E-state index in [0.717, 1.165) is 6.42 Å². The average molecular weight is 111 g/mol. The van der Waals surface area contributed by atoms with Crippen molar-refractivity contribution >= 4 is 5.91 Å². The molecule has 8 heavy (non-hydrogen) atoms. The highest BCUT2D eigenvalue weighted by molar-refractivity contribution is 5.81. The molecule has 1 atom stereocenters. The van der Waals surface area contributed by atoms with Crippen molar-refractivity contribution in [2.75, 3.05) is 0 Å². The Morgan fingerprint density at radius 2 is 2.25 bits per heavy atom. The minimum absolute atomic E-state index is 0.0810. The van der Waals surface area contributed by atoms with Crippen LogP contribution in [-0.4, -0.2) is 5.91 Å². The van der Waals surface area contributed by atoms with Crippen LogP contribution < -0.4 is 5.73 Å². The van der Waals surface area contributed by atoms with E-state index in [9.17, 15) is 4.79 Å². The lowest BCUT2D eigenvalue weighted by Gasteiger charge is -1.83. The van der Waals surface area contributed by atoms with Gasteiger partial charge >= 0.3 is 0 Å². The second kappa shape index (κ2) is 0.925. The minimum atomic E-state index is -0.0810. The Balaban J connectivity index is 2.06. The molecule has 2 rings (SSSR count). The maximum Gasteiger partial charge on any atom is 0.221 e. The number of amides is 1. The first-order valence-electron chi connectivity index (χ1n) is 3.04. The van der Waals surface area contributed by atoms with E-state index in [4.69, 9.17) is 5.73 Å². The molecule has 2 aliphatic carbocycles. The van der Waals surface area contributed by atoms with Gasteiger partial charge in [0, 0.05) is 5.92 Å². The van der Waals surface area contributed by atoms with Gasteiger partial charge in [0.05, 0.1) is 0 Å². The highest BCUT2D eigenvalue weighted by Crippen LogP contribution is 2.70. The van der Waals surface area contributed by atoms with Gasteiger partial charge in [-0.2, -0.15) is 0 Å². The van der Waals surface area contributed by atoms with Crippen molar-refractivity contribution in [2.45, 2.75) is 19.3 Å². The van der Waals surface area contributed by atoms with Crippen LogP contribution in [-0.2, 0) is 4.79 Å². The summed E-state index contributed by atoms with van der Waals surface area (Å²) >= 11 is 0. The number of primary amides is 1. The summed E-state index contributed by atoms with van der Waals surface area (Å²) in [7, 11) is 0. The third-order valence-electron chi connectivity index (χ3n) is 2.43. The zero-order valence-corrected chi connectivity index (χ0v) is 4.68. The molecule has 0 radical (unpaired) electrons. The van der Waals surface area contributed by atoms with Gasteiger partial charge in [0.25, 0.3) is 0 Å². The molecule has 1 spiro atoms. The Bertz CT molecular complexity index is 149. The summed E-state index contributed by atoms with van der Waals surface area (Å²) in [5.74, 6) is 0.185. The summed E-state index contributed by atoms with van der Waals surface area (Å²) in [6.45, 7) is 0. The van der Waals surface area contributed by atoms with Crippen molar-refractivity contribution in [3.05, 3.63) is 0 Å². The van der Waals surface area contributed by atoms with E-state index in [1.165, 1.54) is 12.8 Å². The van der Waals surface area contributed by atoms with Gasteiger partial charge < -0.3 is 5.73 Å². The first kappa shape index (κ1) is 4.36. The van der Waals surface area contributed by atoms with Crippen molar-refractivity contribution in [3.8, 4) is 0 Å². The molecule has 0 aromatic carbocycles. The van der Waals surface area contributed by atoms with Crippen molar-refractivity contribution in [2.24, 2.45) is 17.1 Å². The quantitative estimate of drug-likeness (QED) is 0.518. The molecule has 0 aliphatic heterocycles. The van der Waals surface area contributed by atoms with Gasteiger partial charge in [-0.3, -0.25) is 4.79 Å². The summed E-state index contributed by atoms with van der Waals surface area (Å²) in [5, 5.41) is 0. The first-order valence-corrected chi connectivity index (χ1v) is 3.04. The fourth-order valence-electron chi connectivity index (χ4n) is 1.46. The number of hydrogen-bond donors (Lipinski definition) is 1. The van der Waals surface area contributed by atoms with Gasteiger partial charge in [0.15, 0.2) is 0 Å². The third-order valence-corrected chi connectivity index (χ3v) is 2.43. The number of hydrogen-bond acceptors (Lipinski definition) is 1. The molecule has 0 unspecified atom stereocenters. The molecule has 2 saturated carbocycles. The lowest BCUT2D eigenvalue weighted by Crippen LogP contribution is -2.14. The predicted octanol–water partition coefficient (Wildman–Crippen LogP) is 0.272. The van der Waals surface area contributed by atoms with E-state index >= 15 is 0 Å².